The molecule has 0 aliphatic carbocycles. The summed E-state index contributed by atoms with van der Waals surface area (Å²) in [5.74, 6) is -0.393. The summed E-state index contributed by atoms with van der Waals surface area (Å²) in [7, 11) is 0. The van der Waals surface area contributed by atoms with Crippen molar-refractivity contribution in [1.82, 2.24) is 15.5 Å². The van der Waals surface area contributed by atoms with Crippen molar-refractivity contribution in [1.29, 1.82) is 0 Å². The predicted molar refractivity (Wildman–Crippen MR) is 102 cm³/mol. The van der Waals surface area contributed by atoms with Crippen LogP contribution in [-0.4, -0.2) is 28.6 Å². The number of amides is 1. The number of hydrogen-bond acceptors (Lipinski definition) is 6. The Morgan fingerprint density at radius 3 is 2.54 bits per heavy atom. The van der Waals surface area contributed by atoms with Gasteiger partial charge in [-0.1, -0.05) is 35.4 Å². The Kier molecular flexibility index (Phi) is 5.84. The van der Waals surface area contributed by atoms with E-state index in [0.717, 1.165) is 16.7 Å². The summed E-state index contributed by atoms with van der Waals surface area (Å²) in [5, 5.41) is 10.5. The van der Waals surface area contributed by atoms with E-state index in [9.17, 15) is 9.59 Å². The van der Waals surface area contributed by atoms with Gasteiger partial charge >= 0.3 is 5.97 Å². The number of rotatable bonds is 6. The monoisotopic (exact) mass is 379 g/mol. The van der Waals surface area contributed by atoms with Gasteiger partial charge in [-0.25, -0.2) is 0 Å². The lowest BCUT2D eigenvalue weighted by Gasteiger charge is -2.10. The number of hydrogen-bond donors (Lipinski definition) is 1. The van der Waals surface area contributed by atoms with Crippen molar-refractivity contribution in [2.45, 2.75) is 26.9 Å². The molecule has 0 bridgehead atoms. The van der Waals surface area contributed by atoms with Crippen LogP contribution in [0, 0.1) is 13.8 Å². The summed E-state index contributed by atoms with van der Waals surface area (Å²) < 4.78 is 10.9. The van der Waals surface area contributed by atoms with Gasteiger partial charge in [0.2, 0.25) is 5.89 Å². The van der Waals surface area contributed by atoms with Crippen LogP contribution in [-0.2, 0) is 9.53 Å². The van der Waals surface area contributed by atoms with Crippen LogP contribution >= 0.6 is 0 Å². The zero-order chi connectivity index (χ0) is 20.1. The van der Waals surface area contributed by atoms with Gasteiger partial charge in [-0.05, 0) is 45.0 Å². The maximum Gasteiger partial charge on any atom is 0.326 e. The van der Waals surface area contributed by atoms with Crippen LogP contribution < -0.4 is 5.32 Å². The van der Waals surface area contributed by atoms with Crippen LogP contribution in [0.2, 0.25) is 0 Å². The van der Waals surface area contributed by atoms with E-state index in [0.29, 0.717) is 11.5 Å². The normalized spacial score (nSPS) is 11.7. The molecule has 1 atom stereocenters. The van der Waals surface area contributed by atoms with Crippen LogP contribution in [0.25, 0.3) is 11.5 Å². The molecule has 0 aliphatic heterocycles. The second kappa shape index (κ2) is 8.47. The highest BCUT2D eigenvalue weighted by atomic mass is 16.6. The smallest absolute Gasteiger partial charge is 0.326 e. The van der Waals surface area contributed by atoms with Crippen LogP contribution in [0.1, 0.15) is 40.4 Å². The molecule has 1 N–H and O–H groups in total. The first-order valence-corrected chi connectivity index (χ1v) is 8.87. The summed E-state index contributed by atoms with van der Waals surface area (Å²) in [5.41, 5.74) is 3.36. The lowest BCUT2D eigenvalue weighted by atomic mass is 10.1. The number of nitrogens with one attached hydrogen (secondary N) is 1. The summed E-state index contributed by atoms with van der Waals surface area (Å²) >= 11 is 0. The zero-order valence-electron chi connectivity index (χ0n) is 15.9. The van der Waals surface area contributed by atoms with Gasteiger partial charge in [0.15, 0.2) is 6.10 Å². The van der Waals surface area contributed by atoms with Crippen LogP contribution in [0.5, 0.6) is 0 Å². The van der Waals surface area contributed by atoms with E-state index in [2.05, 4.69) is 15.5 Å². The second-order valence-electron chi connectivity index (χ2n) is 6.50. The standard InChI is InChI=1S/C21H21N3O4/c1-13-7-9-16(10-8-13)21-24-23-20(28-21)15(3)27-18(25)12-22-19(26)17-6-4-5-14(2)11-17/h4-11,15H,12H2,1-3H3,(H,22,26)/t15-/m1/s1. The average molecular weight is 379 g/mol. The third kappa shape index (κ3) is 4.82. The summed E-state index contributed by atoms with van der Waals surface area (Å²) in [6, 6.07) is 14.7. The van der Waals surface area contributed by atoms with Crippen molar-refractivity contribution >= 4 is 11.9 Å². The largest absolute Gasteiger partial charge is 0.451 e. The van der Waals surface area contributed by atoms with Crippen molar-refractivity contribution in [2.24, 2.45) is 0 Å². The first kappa shape index (κ1) is 19.3. The Morgan fingerprint density at radius 2 is 1.82 bits per heavy atom. The van der Waals surface area contributed by atoms with E-state index in [1.807, 2.05) is 44.2 Å². The van der Waals surface area contributed by atoms with E-state index in [4.69, 9.17) is 9.15 Å². The molecular weight excluding hydrogens is 358 g/mol. The Labute approximate surface area is 162 Å². The van der Waals surface area contributed by atoms with E-state index in [1.54, 1.807) is 25.1 Å². The number of esters is 1. The molecule has 144 valence electrons. The SMILES string of the molecule is Cc1ccc(-c2nnc([C@@H](C)OC(=O)CNC(=O)c3cccc(C)c3)o2)cc1. The molecule has 0 unspecified atom stereocenters. The van der Waals surface area contributed by atoms with Crippen molar-refractivity contribution in [2.75, 3.05) is 6.54 Å². The highest BCUT2D eigenvalue weighted by Crippen LogP contribution is 2.22. The minimum atomic E-state index is -0.727. The fourth-order valence-electron chi connectivity index (χ4n) is 2.54. The highest BCUT2D eigenvalue weighted by Gasteiger charge is 2.19. The Hall–Kier alpha value is -3.48. The van der Waals surface area contributed by atoms with E-state index in [1.165, 1.54) is 0 Å². The molecule has 3 aromatic rings. The Bertz CT molecular complexity index is 979. The number of aromatic nitrogens is 2. The van der Waals surface area contributed by atoms with Gasteiger partial charge < -0.3 is 14.5 Å². The van der Waals surface area contributed by atoms with Crippen molar-refractivity contribution in [3.05, 3.63) is 71.1 Å². The summed E-state index contributed by atoms with van der Waals surface area (Å²) in [6.45, 7) is 5.26. The quantitative estimate of drug-likeness (QED) is 0.660. The first-order valence-electron chi connectivity index (χ1n) is 8.87. The molecule has 1 heterocycles. The molecule has 0 spiro atoms. The molecule has 3 rings (SSSR count). The molecule has 2 aromatic carbocycles. The molecule has 0 saturated carbocycles. The lowest BCUT2D eigenvalue weighted by molar-refractivity contribution is -0.148. The maximum absolute atomic E-state index is 12.1. The van der Waals surface area contributed by atoms with Gasteiger partial charge in [0.05, 0.1) is 0 Å². The average Bonchev–Trinajstić information content (AvgIpc) is 3.17. The molecular formula is C21H21N3O4. The van der Waals surface area contributed by atoms with Gasteiger partial charge in [-0.2, -0.15) is 0 Å². The number of aryl methyl sites for hydroxylation is 2. The van der Waals surface area contributed by atoms with E-state index < -0.39 is 12.1 Å². The summed E-state index contributed by atoms with van der Waals surface area (Å²) in [4.78, 5) is 24.1. The van der Waals surface area contributed by atoms with Crippen LogP contribution in [0.3, 0.4) is 0 Å². The molecule has 7 nitrogen and oxygen atoms in total. The number of carbonyl (C=O) groups excluding carboxylic acids is 2. The highest BCUT2D eigenvalue weighted by molar-refractivity contribution is 5.96. The van der Waals surface area contributed by atoms with Crippen LogP contribution in [0.15, 0.2) is 52.9 Å². The van der Waals surface area contributed by atoms with Gasteiger partial charge in [0.25, 0.3) is 11.8 Å². The van der Waals surface area contributed by atoms with Crippen molar-refractivity contribution < 1.29 is 18.7 Å². The van der Waals surface area contributed by atoms with Crippen molar-refractivity contribution in [3.8, 4) is 11.5 Å². The molecule has 7 heteroatoms. The van der Waals surface area contributed by atoms with E-state index in [-0.39, 0.29) is 18.3 Å². The van der Waals surface area contributed by atoms with Gasteiger partial charge in [0.1, 0.15) is 6.54 Å². The van der Waals surface area contributed by atoms with Gasteiger partial charge in [-0.15, -0.1) is 10.2 Å². The van der Waals surface area contributed by atoms with Crippen molar-refractivity contribution in [3.63, 3.8) is 0 Å². The topological polar surface area (TPSA) is 94.3 Å². The number of ether oxygens (including phenoxy) is 1. The molecule has 28 heavy (non-hydrogen) atoms. The molecule has 0 aliphatic rings. The number of carbonyl (C=O) groups is 2. The molecule has 1 aromatic heterocycles. The number of benzene rings is 2. The Morgan fingerprint density at radius 1 is 1.07 bits per heavy atom. The molecule has 0 fully saturated rings. The third-order valence-corrected chi connectivity index (χ3v) is 4.07. The first-order chi connectivity index (χ1) is 13.4. The molecule has 1 amide bonds. The van der Waals surface area contributed by atoms with Gasteiger partial charge in [0, 0.05) is 11.1 Å². The summed E-state index contributed by atoms with van der Waals surface area (Å²) in [6.07, 6.45) is -0.727. The van der Waals surface area contributed by atoms with Crippen LogP contribution in [0.4, 0.5) is 0 Å². The third-order valence-electron chi connectivity index (χ3n) is 4.07. The fourth-order valence-corrected chi connectivity index (χ4v) is 2.54. The molecule has 0 radical (unpaired) electrons. The minimum absolute atomic E-state index is 0.189. The fraction of sp³-hybridized carbons (Fsp3) is 0.238. The second-order valence-corrected chi connectivity index (χ2v) is 6.50. The Balaban J connectivity index is 1.54. The zero-order valence-corrected chi connectivity index (χ0v) is 15.9. The lowest BCUT2D eigenvalue weighted by Crippen LogP contribution is -2.31. The minimum Gasteiger partial charge on any atom is -0.451 e. The maximum atomic E-state index is 12.1. The predicted octanol–water partition coefficient (Wildman–Crippen LogP) is 3.39. The van der Waals surface area contributed by atoms with Gasteiger partial charge in [-0.3, -0.25) is 9.59 Å². The molecule has 0 saturated heterocycles. The number of nitrogens with zero attached hydrogens (tertiary/aromatic N) is 2. The van der Waals surface area contributed by atoms with E-state index >= 15 is 0 Å².